The third-order valence-corrected chi connectivity index (χ3v) is 2.67. The second-order valence-corrected chi connectivity index (χ2v) is 5.52. The van der Waals surface area contributed by atoms with Crippen LogP contribution in [0.5, 0.6) is 0 Å². The number of pyridine rings is 1. The normalized spacial score (nSPS) is 12.9. The van der Waals surface area contributed by atoms with Gasteiger partial charge in [-0.2, -0.15) is 0 Å². The number of ketones is 1. The van der Waals surface area contributed by atoms with Crippen molar-refractivity contribution in [3.8, 4) is 0 Å². The predicted molar refractivity (Wildman–Crippen MR) is 70.0 cm³/mol. The van der Waals surface area contributed by atoms with E-state index in [-0.39, 0.29) is 23.5 Å². The number of amides is 1. The Hall–Kier alpha value is -1.71. The van der Waals surface area contributed by atoms with Crippen molar-refractivity contribution < 1.29 is 9.59 Å². The largest absolute Gasteiger partial charge is 0.345 e. The van der Waals surface area contributed by atoms with Gasteiger partial charge in [0.2, 0.25) is 5.91 Å². The molecule has 1 aromatic heterocycles. The van der Waals surface area contributed by atoms with Gasteiger partial charge < -0.3 is 5.32 Å². The fourth-order valence-electron chi connectivity index (χ4n) is 1.83. The molecule has 0 aliphatic rings. The minimum Gasteiger partial charge on any atom is -0.345 e. The van der Waals surface area contributed by atoms with Crippen molar-refractivity contribution in [2.75, 3.05) is 0 Å². The molecule has 0 unspecified atom stereocenters. The molecule has 1 rings (SSSR count). The molecule has 0 aliphatic carbocycles. The third kappa shape index (κ3) is 4.28. The van der Waals surface area contributed by atoms with Gasteiger partial charge in [-0.3, -0.25) is 14.6 Å². The lowest BCUT2D eigenvalue weighted by Crippen LogP contribution is -2.48. The quantitative estimate of drug-likeness (QED) is 0.883. The number of rotatable bonds is 4. The number of Topliss-reactive ketones (excluding diaryl/α,β-unsaturated/α-hetero) is 1. The molecule has 0 bridgehead atoms. The molecular weight excluding hydrogens is 228 g/mol. The highest BCUT2D eigenvalue weighted by Crippen LogP contribution is 2.20. The van der Waals surface area contributed by atoms with Gasteiger partial charge in [0.05, 0.1) is 12.5 Å². The van der Waals surface area contributed by atoms with Gasteiger partial charge in [-0.1, -0.05) is 26.8 Å². The summed E-state index contributed by atoms with van der Waals surface area (Å²) >= 11 is 0. The highest BCUT2D eigenvalue weighted by atomic mass is 16.2. The second-order valence-electron chi connectivity index (χ2n) is 5.52. The highest BCUT2D eigenvalue weighted by Gasteiger charge is 2.29. The minimum absolute atomic E-state index is 0.0259. The number of aromatic nitrogens is 1. The Bertz CT molecular complexity index is 421. The molecule has 0 saturated carbocycles. The Morgan fingerprint density at radius 3 is 2.50 bits per heavy atom. The van der Waals surface area contributed by atoms with E-state index >= 15 is 0 Å². The van der Waals surface area contributed by atoms with Crippen molar-refractivity contribution >= 4 is 11.7 Å². The fraction of sp³-hybridized carbons (Fsp3) is 0.500. The van der Waals surface area contributed by atoms with E-state index in [0.717, 1.165) is 5.56 Å². The maximum absolute atomic E-state index is 11.9. The Labute approximate surface area is 108 Å². The van der Waals surface area contributed by atoms with Crippen LogP contribution in [-0.4, -0.2) is 22.7 Å². The number of carbonyl (C=O) groups is 2. The van der Waals surface area contributed by atoms with E-state index in [0.29, 0.717) is 0 Å². The molecule has 1 amide bonds. The molecule has 1 N–H and O–H groups in total. The summed E-state index contributed by atoms with van der Waals surface area (Å²) in [5.41, 5.74) is 0.558. The van der Waals surface area contributed by atoms with Crippen LogP contribution in [0.1, 0.15) is 33.3 Å². The standard InChI is InChI=1S/C14H20N2O2/c1-10(17)13(14(2,3)4)16-12(18)8-11-6-5-7-15-9-11/h5-7,9,13H,8H2,1-4H3,(H,16,18)/t13-/m1/s1. The van der Waals surface area contributed by atoms with E-state index in [4.69, 9.17) is 0 Å². The summed E-state index contributed by atoms with van der Waals surface area (Å²) in [4.78, 5) is 27.4. The molecule has 18 heavy (non-hydrogen) atoms. The number of hydrogen-bond donors (Lipinski definition) is 1. The van der Waals surface area contributed by atoms with Crippen LogP contribution in [0.3, 0.4) is 0 Å². The van der Waals surface area contributed by atoms with Gasteiger partial charge in [-0.05, 0) is 24.0 Å². The molecule has 1 heterocycles. The van der Waals surface area contributed by atoms with E-state index in [2.05, 4.69) is 10.3 Å². The Kier molecular flexibility index (Phi) is 4.59. The molecule has 0 saturated heterocycles. The van der Waals surface area contributed by atoms with Crippen molar-refractivity contribution in [1.82, 2.24) is 10.3 Å². The van der Waals surface area contributed by atoms with Crippen LogP contribution in [0.4, 0.5) is 0 Å². The van der Waals surface area contributed by atoms with Gasteiger partial charge in [-0.25, -0.2) is 0 Å². The average molecular weight is 248 g/mol. The Morgan fingerprint density at radius 1 is 1.39 bits per heavy atom. The fourth-order valence-corrected chi connectivity index (χ4v) is 1.83. The monoisotopic (exact) mass is 248 g/mol. The molecule has 0 fully saturated rings. The van der Waals surface area contributed by atoms with Crippen LogP contribution >= 0.6 is 0 Å². The van der Waals surface area contributed by atoms with Crippen LogP contribution in [0, 0.1) is 5.41 Å². The van der Waals surface area contributed by atoms with Gasteiger partial charge in [0.15, 0.2) is 5.78 Å². The van der Waals surface area contributed by atoms with Crippen molar-refractivity contribution in [2.45, 2.75) is 40.2 Å². The van der Waals surface area contributed by atoms with Crippen LogP contribution < -0.4 is 5.32 Å². The Balaban J connectivity index is 2.66. The van der Waals surface area contributed by atoms with Crippen LogP contribution in [0.15, 0.2) is 24.5 Å². The predicted octanol–water partition coefficient (Wildman–Crippen LogP) is 1.74. The van der Waals surface area contributed by atoms with E-state index < -0.39 is 6.04 Å². The summed E-state index contributed by atoms with van der Waals surface area (Å²) in [7, 11) is 0. The minimum atomic E-state index is -0.457. The van der Waals surface area contributed by atoms with Crippen LogP contribution in [-0.2, 0) is 16.0 Å². The van der Waals surface area contributed by atoms with Crippen molar-refractivity contribution in [1.29, 1.82) is 0 Å². The highest BCUT2D eigenvalue weighted by molar-refractivity contribution is 5.88. The lowest BCUT2D eigenvalue weighted by atomic mass is 9.84. The second kappa shape index (κ2) is 5.76. The lowest BCUT2D eigenvalue weighted by Gasteiger charge is -2.29. The first kappa shape index (κ1) is 14.4. The first-order valence-electron chi connectivity index (χ1n) is 5.99. The molecule has 0 aromatic carbocycles. The van der Waals surface area contributed by atoms with Gasteiger partial charge in [0.1, 0.15) is 0 Å². The number of hydrogen-bond acceptors (Lipinski definition) is 3. The average Bonchev–Trinajstić information content (AvgIpc) is 2.25. The van der Waals surface area contributed by atoms with Crippen LogP contribution in [0.25, 0.3) is 0 Å². The summed E-state index contributed by atoms with van der Waals surface area (Å²) < 4.78 is 0. The molecule has 0 spiro atoms. The molecular formula is C14H20N2O2. The molecule has 0 aliphatic heterocycles. The molecule has 1 aromatic rings. The summed E-state index contributed by atoms with van der Waals surface area (Å²) in [6, 6.07) is 3.17. The first-order chi connectivity index (χ1) is 8.30. The van der Waals surface area contributed by atoms with Gasteiger partial charge in [0.25, 0.3) is 0 Å². The number of nitrogens with zero attached hydrogens (tertiary/aromatic N) is 1. The summed E-state index contributed by atoms with van der Waals surface area (Å²) in [5, 5.41) is 2.79. The third-order valence-electron chi connectivity index (χ3n) is 2.67. The lowest BCUT2D eigenvalue weighted by molar-refractivity contribution is -0.128. The maximum atomic E-state index is 11.9. The van der Waals surface area contributed by atoms with Gasteiger partial charge in [-0.15, -0.1) is 0 Å². The van der Waals surface area contributed by atoms with E-state index in [1.54, 1.807) is 18.5 Å². The summed E-state index contributed by atoms with van der Waals surface area (Å²) in [5.74, 6) is -0.180. The molecule has 4 nitrogen and oxygen atoms in total. The zero-order valence-electron chi connectivity index (χ0n) is 11.4. The van der Waals surface area contributed by atoms with Crippen LogP contribution in [0.2, 0.25) is 0 Å². The van der Waals surface area contributed by atoms with E-state index in [1.807, 2.05) is 26.8 Å². The van der Waals surface area contributed by atoms with Crippen molar-refractivity contribution in [2.24, 2.45) is 5.41 Å². The first-order valence-corrected chi connectivity index (χ1v) is 5.99. The molecule has 4 heteroatoms. The van der Waals surface area contributed by atoms with E-state index in [1.165, 1.54) is 6.92 Å². The van der Waals surface area contributed by atoms with Gasteiger partial charge >= 0.3 is 0 Å². The summed E-state index contributed by atoms with van der Waals surface area (Å²) in [6.45, 7) is 7.30. The SMILES string of the molecule is CC(=O)[C@@H](NC(=O)Cc1cccnc1)C(C)(C)C. The molecule has 0 radical (unpaired) electrons. The zero-order chi connectivity index (χ0) is 13.8. The Morgan fingerprint density at radius 2 is 2.06 bits per heavy atom. The number of carbonyl (C=O) groups excluding carboxylic acids is 2. The molecule has 1 atom stereocenters. The maximum Gasteiger partial charge on any atom is 0.225 e. The summed E-state index contributed by atoms with van der Waals surface area (Å²) in [6.07, 6.45) is 3.56. The van der Waals surface area contributed by atoms with Crippen molar-refractivity contribution in [3.63, 3.8) is 0 Å². The molecule has 98 valence electrons. The zero-order valence-corrected chi connectivity index (χ0v) is 11.4. The van der Waals surface area contributed by atoms with Gasteiger partial charge in [0, 0.05) is 12.4 Å². The smallest absolute Gasteiger partial charge is 0.225 e. The number of nitrogens with one attached hydrogen (secondary N) is 1. The van der Waals surface area contributed by atoms with E-state index in [9.17, 15) is 9.59 Å². The topological polar surface area (TPSA) is 59.1 Å². The van der Waals surface area contributed by atoms with Crippen molar-refractivity contribution in [3.05, 3.63) is 30.1 Å².